The van der Waals surface area contributed by atoms with Gasteiger partial charge in [-0.2, -0.15) is 0 Å². The van der Waals surface area contributed by atoms with Crippen molar-refractivity contribution in [1.29, 1.82) is 0 Å². The molecule has 1 saturated heterocycles. The highest BCUT2D eigenvalue weighted by Gasteiger charge is 2.25. The quantitative estimate of drug-likeness (QED) is 0.730. The normalized spacial score (nSPS) is 20.2. The van der Waals surface area contributed by atoms with Gasteiger partial charge in [-0.05, 0) is 17.7 Å². The lowest BCUT2D eigenvalue weighted by molar-refractivity contribution is -0.120. The zero-order chi connectivity index (χ0) is 16.9. The Balaban J connectivity index is 1.48. The van der Waals surface area contributed by atoms with E-state index in [4.69, 9.17) is 0 Å². The Morgan fingerprint density at radius 1 is 1.38 bits per heavy atom. The first kappa shape index (κ1) is 17.0. The standard InChI is InChI=1S/C17H20FN3O2S/c18-13-3-1-11(2-4-13)5-17-21-14(10-24-17)6-16(23)20-8-12-7-19-9-15(12)22/h1-4,10,12,15,19,22H,5-9H2,(H,20,23). The van der Waals surface area contributed by atoms with Crippen LogP contribution in [-0.2, 0) is 17.6 Å². The SMILES string of the molecule is O=C(Cc1csc(Cc2ccc(F)cc2)n1)NCC1CNCC1O. The molecule has 3 N–H and O–H groups in total. The van der Waals surface area contributed by atoms with E-state index in [1.807, 2.05) is 5.38 Å². The summed E-state index contributed by atoms with van der Waals surface area (Å²) in [6, 6.07) is 6.35. The third-order valence-corrected chi connectivity index (χ3v) is 4.97. The molecule has 1 aromatic heterocycles. The van der Waals surface area contributed by atoms with Crippen LogP contribution in [0.3, 0.4) is 0 Å². The van der Waals surface area contributed by atoms with Crippen molar-refractivity contribution in [2.24, 2.45) is 5.92 Å². The summed E-state index contributed by atoms with van der Waals surface area (Å²) in [6.45, 7) is 1.78. The predicted octanol–water partition coefficient (Wildman–Crippen LogP) is 1.11. The Bertz CT molecular complexity index is 689. The van der Waals surface area contributed by atoms with Gasteiger partial charge in [0.1, 0.15) is 5.82 Å². The molecule has 5 nitrogen and oxygen atoms in total. The molecule has 0 radical (unpaired) electrons. The molecule has 1 aromatic carbocycles. The summed E-state index contributed by atoms with van der Waals surface area (Å²) in [6.07, 6.45) is 0.467. The highest BCUT2D eigenvalue weighted by molar-refractivity contribution is 7.09. The largest absolute Gasteiger partial charge is 0.391 e. The molecule has 128 valence electrons. The van der Waals surface area contributed by atoms with Crippen LogP contribution >= 0.6 is 11.3 Å². The Hall–Kier alpha value is -1.83. The van der Waals surface area contributed by atoms with Crippen LogP contribution in [-0.4, -0.2) is 41.7 Å². The summed E-state index contributed by atoms with van der Waals surface area (Å²) in [4.78, 5) is 16.5. The van der Waals surface area contributed by atoms with Gasteiger partial charge in [-0.15, -0.1) is 11.3 Å². The van der Waals surface area contributed by atoms with Crippen LogP contribution in [0.5, 0.6) is 0 Å². The van der Waals surface area contributed by atoms with Crippen molar-refractivity contribution in [2.75, 3.05) is 19.6 Å². The molecule has 2 atom stereocenters. The Kier molecular flexibility index (Phi) is 5.55. The minimum Gasteiger partial charge on any atom is -0.391 e. The number of aromatic nitrogens is 1. The second-order valence-electron chi connectivity index (χ2n) is 6.00. The molecule has 0 aliphatic carbocycles. The lowest BCUT2D eigenvalue weighted by atomic mass is 10.1. The number of hydrogen-bond acceptors (Lipinski definition) is 5. The summed E-state index contributed by atoms with van der Waals surface area (Å²) in [5, 5.41) is 18.4. The van der Waals surface area contributed by atoms with E-state index in [-0.39, 0.29) is 24.1 Å². The maximum absolute atomic E-state index is 12.9. The van der Waals surface area contributed by atoms with Crippen molar-refractivity contribution < 1.29 is 14.3 Å². The van der Waals surface area contributed by atoms with Gasteiger partial charge in [0, 0.05) is 37.4 Å². The lowest BCUT2D eigenvalue weighted by Gasteiger charge is -2.13. The second-order valence-corrected chi connectivity index (χ2v) is 6.95. The third kappa shape index (κ3) is 4.59. The van der Waals surface area contributed by atoms with E-state index in [9.17, 15) is 14.3 Å². The molecule has 2 heterocycles. The molecule has 0 saturated carbocycles. The van der Waals surface area contributed by atoms with Crippen molar-refractivity contribution in [3.05, 3.63) is 51.7 Å². The molecule has 1 aliphatic rings. The van der Waals surface area contributed by atoms with Gasteiger partial charge in [-0.1, -0.05) is 12.1 Å². The molecule has 0 spiro atoms. The number of aliphatic hydroxyl groups is 1. The zero-order valence-electron chi connectivity index (χ0n) is 13.2. The minimum absolute atomic E-state index is 0.0680. The van der Waals surface area contributed by atoms with Gasteiger partial charge in [-0.3, -0.25) is 4.79 Å². The topological polar surface area (TPSA) is 74.2 Å². The van der Waals surface area contributed by atoms with Crippen LogP contribution in [0.15, 0.2) is 29.6 Å². The van der Waals surface area contributed by atoms with Crippen molar-refractivity contribution >= 4 is 17.2 Å². The fourth-order valence-electron chi connectivity index (χ4n) is 2.69. The minimum atomic E-state index is -0.396. The van der Waals surface area contributed by atoms with Crippen molar-refractivity contribution in [1.82, 2.24) is 15.6 Å². The number of benzene rings is 1. The number of carbonyl (C=O) groups excluding carboxylic acids is 1. The van der Waals surface area contributed by atoms with E-state index in [1.54, 1.807) is 12.1 Å². The fraction of sp³-hybridized carbons (Fsp3) is 0.412. The molecule has 1 fully saturated rings. The molecule has 2 unspecified atom stereocenters. The Labute approximate surface area is 143 Å². The summed E-state index contributed by atoms with van der Waals surface area (Å²) >= 11 is 1.50. The van der Waals surface area contributed by atoms with Crippen molar-refractivity contribution in [3.63, 3.8) is 0 Å². The number of β-amino-alcohol motifs (C(OH)–C–C–N with tert-alkyl or cyclic N) is 1. The number of thiazole rings is 1. The fourth-order valence-corrected chi connectivity index (χ4v) is 3.52. The van der Waals surface area contributed by atoms with E-state index in [1.165, 1.54) is 23.5 Å². The van der Waals surface area contributed by atoms with Crippen LogP contribution in [0, 0.1) is 11.7 Å². The van der Waals surface area contributed by atoms with E-state index in [0.717, 1.165) is 22.8 Å². The molecule has 1 aliphatic heterocycles. The van der Waals surface area contributed by atoms with Gasteiger partial charge in [0.2, 0.25) is 5.91 Å². The molecule has 0 bridgehead atoms. The number of nitrogens with zero attached hydrogens (tertiary/aromatic N) is 1. The highest BCUT2D eigenvalue weighted by Crippen LogP contribution is 2.16. The van der Waals surface area contributed by atoms with Crippen LogP contribution in [0.2, 0.25) is 0 Å². The molecule has 3 rings (SSSR count). The first-order valence-electron chi connectivity index (χ1n) is 7.93. The van der Waals surface area contributed by atoms with E-state index in [2.05, 4.69) is 15.6 Å². The van der Waals surface area contributed by atoms with Gasteiger partial charge in [0.15, 0.2) is 0 Å². The lowest BCUT2D eigenvalue weighted by Crippen LogP contribution is -2.35. The zero-order valence-corrected chi connectivity index (χ0v) is 14.0. The Morgan fingerprint density at radius 3 is 2.88 bits per heavy atom. The van der Waals surface area contributed by atoms with Crippen molar-refractivity contribution in [3.8, 4) is 0 Å². The Morgan fingerprint density at radius 2 is 2.17 bits per heavy atom. The van der Waals surface area contributed by atoms with E-state index >= 15 is 0 Å². The number of carbonyl (C=O) groups is 1. The van der Waals surface area contributed by atoms with Gasteiger partial charge in [-0.25, -0.2) is 9.37 Å². The molecule has 2 aromatic rings. The summed E-state index contributed by atoms with van der Waals surface area (Å²) in [7, 11) is 0. The number of hydrogen-bond donors (Lipinski definition) is 3. The van der Waals surface area contributed by atoms with Gasteiger partial charge >= 0.3 is 0 Å². The maximum Gasteiger partial charge on any atom is 0.226 e. The number of rotatable bonds is 6. The number of halogens is 1. The van der Waals surface area contributed by atoms with E-state index in [0.29, 0.717) is 19.5 Å². The first-order chi connectivity index (χ1) is 11.6. The van der Waals surface area contributed by atoms with Crippen molar-refractivity contribution in [2.45, 2.75) is 18.9 Å². The average molecular weight is 349 g/mol. The molecular formula is C17H20FN3O2S. The first-order valence-corrected chi connectivity index (χ1v) is 8.81. The smallest absolute Gasteiger partial charge is 0.226 e. The number of nitrogens with one attached hydrogen (secondary N) is 2. The van der Waals surface area contributed by atoms with Crippen LogP contribution in [0.25, 0.3) is 0 Å². The van der Waals surface area contributed by atoms with E-state index < -0.39 is 6.10 Å². The average Bonchev–Trinajstić information content (AvgIpc) is 3.17. The summed E-state index contributed by atoms with van der Waals surface area (Å²) < 4.78 is 12.9. The van der Waals surface area contributed by atoms with Gasteiger partial charge in [0.05, 0.1) is 23.2 Å². The predicted molar refractivity (Wildman–Crippen MR) is 90.4 cm³/mol. The van der Waals surface area contributed by atoms with Gasteiger partial charge in [0.25, 0.3) is 0 Å². The monoisotopic (exact) mass is 349 g/mol. The number of amides is 1. The summed E-state index contributed by atoms with van der Waals surface area (Å²) in [5.74, 6) is -0.274. The second kappa shape index (κ2) is 7.83. The molecule has 1 amide bonds. The van der Waals surface area contributed by atoms with Crippen LogP contribution in [0.4, 0.5) is 4.39 Å². The van der Waals surface area contributed by atoms with Crippen LogP contribution < -0.4 is 10.6 Å². The van der Waals surface area contributed by atoms with Crippen LogP contribution in [0.1, 0.15) is 16.3 Å². The third-order valence-electron chi connectivity index (χ3n) is 4.08. The highest BCUT2D eigenvalue weighted by atomic mass is 32.1. The molecule has 7 heteroatoms. The molecular weight excluding hydrogens is 329 g/mol. The molecule has 24 heavy (non-hydrogen) atoms. The number of aliphatic hydroxyl groups excluding tert-OH is 1. The van der Waals surface area contributed by atoms with Gasteiger partial charge < -0.3 is 15.7 Å². The summed E-state index contributed by atoms with van der Waals surface area (Å²) in [5.41, 5.74) is 1.73. The maximum atomic E-state index is 12.9.